The highest BCUT2D eigenvalue weighted by molar-refractivity contribution is 7.46. The number of nitrogens with one attached hydrogen (secondary N) is 1. The van der Waals surface area contributed by atoms with E-state index in [9.17, 15) is 4.57 Å². The van der Waals surface area contributed by atoms with Gasteiger partial charge in [-0.25, -0.2) is 9.55 Å². The van der Waals surface area contributed by atoms with Crippen molar-refractivity contribution in [3.63, 3.8) is 0 Å². The zero-order chi connectivity index (χ0) is 18.3. The lowest BCUT2D eigenvalue weighted by atomic mass is 10.0. The SMILES string of the molecule is CCCCCCCCc1ccc2nc([C@@H]([NH3+])COP(=O)(O)O)[nH]c2c1. The molecule has 0 fully saturated rings. The van der Waals surface area contributed by atoms with E-state index in [4.69, 9.17) is 9.79 Å². The van der Waals surface area contributed by atoms with Gasteiger partial charge in [0.05, 0.1) is 11.0 Å². The number of aromatic nitrogens is 2. The second kappa shape index (κ2) is 9.46. The summed E-state index contributed by atoms with van der Waals surface area (Å²) in [5.41, 5.74) is 6.87. The maximum absolute atomic E-state index is 10.8. The van der Waals surface area contributed by atoms with Crippen molar-refractivity contribution >= 4 is 18.9 Å². The quantitative estimate of drug-likeness (QED) is 0.358. The van der Waals surface area contributed by atoms with Crippen molar-refractivity contribution in [1.29, 1.82) is 0 Å². The Morgan fingerprint density at radius 3 is 2.68 bits per heavy atom. The zero-order valence-corrected chi connectivity index (χ0v) is 15.7. The third kappa shape index (κ3) is 6.88. The Labute approximate surface area is 148 Å². The lowest BCUT2D eigenvalue weighted by Crippen LogP contribution is -2.56. The number of rotatable bonds is 11. The van der Waals surface area contributed by atoms with Crippen LogP contribution in [0, 0.1) is 0 Å². The van der Waals surface area contributed by atoms with Gasteiger partial charge in [0.25, 0.3) is 0 Å². The van der Waals surface area contributed by atoms with E-state index in [2.05, 4.69) is 39.3 Å². The number of imidazole rings is 1. The van der Waals surface area contributed by atoms with E-state index in [0.29, 0.717) is 5.82 Å². The van der Waals surface area contributed by atoms with Crippen LogP contribution in [-0.2, 0) is 15.5 Å². The van der Waals surface area contributed by atoms with Gasteiger partial charge in [-0.1, -0.05) is 45.1 Å². The molecule has 2 aromatic rings. The van der Waals surface area contributed by atoms with Crippen LogP contribution in [0.25, 0.3) is 11.0 Å². The molecule has 25 heavy (non-hydrogen) atoms. The molecule has 1 aromatic heterocycles. The second-order valence-electron chi connectivity index (χ2n) is 6.47. The van der Waals surface area contributed by atoms with Gasteiger partial charge in [0.1, 0.15) is 6.61 Å². The molecule has 1 aromatic carbocycles. The minimum atomic E-state index is -4.49. The van der Waals surface area contributed by atoms with Gasteiger partial charge >= 0.3 is 7.82 Å². The Morgan fingerprint density at radius 1 is 1.24 bits per heavy atom. The molecule has 0 aliphatic carbocycles. The van der Waals surface area contributed by atoms with Gasteiger partial charge in [0.15, 0.2) is 11.9 Å². The summed E-state index contributed by atoms with van der Waals surface area (Å²) in [6.45, 7) is 2.04. The Morgan fingerprint density at radius 2 is 1.96 bits per heavy atom. The summed E-state index contributed by atoms with van der Waals surface area (Å²) >= 11 is 0. The number of fused-ring (bicyclic) bond motifs is 1. The number of aromatic amines is 1. The molecule has 0 aliphatic heterocycles. The molecule has 0 amide bonds. The van der Waals surface area contributed by atoms with Crippen molar-refractivity contribution in [1.82, 2.24) is 9.97 Å². The van der Waals surface area contributed by atoms with Crippen LogP contribution in [-0.4, -0.2) is 26.4 Å². The van der Waals surface area contributed by atoms with Crippen LogP contribution in [0.15, 0.2) is 18.2 Å². The number of hydrogen-bond acceptors (Lipinski definition) is 3. The summed E-state index contributed by atoms with van der Waals surface area (Å²) in [5, 5.41) is 0. The first-order valence-electron chi connectivity index (χ1n) is 8.90. The number of hydrogen-bond donors (Lipinski definition) is 4. The van der Waals surface area contributed by atoms with Crippen LogP contribution in [0.4, 0.5) is 0 Å². The van der Waals surface area contributed by atoms with E-state index in [1.165, 1.54) is 44.1 Å². The molecule has 0 unspecified atom stereocenters. The first-order chi connectivity index (χ1) is 11.9. The summed E-state index contributed by atoms with van der Waals surface area (Å²) in [6, 6.07) is 5.68. The third-order valence-electron chi connectivity index (χ3n) is 4.21. The molecule has 0 radical (unpaired) electrons. The number of unbranched alkanes of at least 4 members (excludes halogenated alkanes) is 5. The Bertz CT molecular complexity index is 713. The number of phosphoric ester groups is 1. The molecule has 0 aliphatic rings. The molecule has 7 nitrogen and oxygen atoms in total. The largest absolute Gasteiger partial charge is 0.469 e. The summed E-state index contributed by atoms with van der Waals surface area (Å²) < 4.78 is 15.3. The van der Waals surface area contributed by atoms with E-state index in [1.54, 1.807) is 0 Å². The topological polar surface area (TPSA) is 123 Å². The van der Waals surface area contributed by atoms with Crippen molar-refractivity contribution in [2.75, 3.05) is 6.61 Å². The summed E-state index contributed by atoms with van der Waals surface area (Å²) in [7, 11) is -4.49. The van der Waals surface area contributed by atoms with Crippen LogP contribution in [0.5, 0.6) is 0 Å². The Balaban J connectivity index is 1.90. The fourth-order valence-corrected chi connectivity index (χ4v) is 3.17. The molecular weight excluding hydrogens is 341 g/mol. The molecule has 0 bridgehead atoms. The van der Waals surface area contributed by atoms with E-state index < -0.39 is 13.9 Å². The van der Waals surface area contributed by atoms with Gasteiger partial charge in [-0.15, -0.1) is 0 Å². The molecule has 1 heterocycles. The predicted octanol–water partition coefficient (Wildman–Crippen LogP) is 2.86. The van der Waals surface area contributed by atoms with Crippen molar-refractivity contribution in [2.24, 2.45) is 0 Å². The molecule has 0 saturated heterocycles. The summed E-state index contributed by atoms with van der Waals surface area (Å²) in [5.74, 6) is 0.570. The van der Waals surface area contributed by atoms with Crippen LogP contribution in [0.2, 0.25) is 0 Å². The molecule has 2 rings (SSSR count). The highest BCUT2D eigenvalue weighted by atomic mass is 31.2. The van der Waals surface area contributed by atoms with Crippen molar-refractivity contribution < 1.29 is 24.6 Å². The van der Waals surface area contributed by atoms with Gasteiger partial charge in [0, 0.05) is 0 Å². The number of nitrogens with zero attached hydrogens (tertiary/aromatic N) is 1. The van der Waals surface area contributed by atoms with Gasteiger partial charge in [0.2, 0.25) is 0 Å². The molecular formula is C17H29N3O4P+. The number of benzene rings is 1. The highest BCUT2D eigenvalue weighted by Crippen LogP contribution is 2.36. The van der Waals surface area contributed by atoms with Crippen LogP contribution in [0.3, 0.4) is 0 Å². The van der Waals surface area contributed by atoms with E-state index >= 15 is 0 Å². The van der Waals surface area contributed by atoms with Gasteiger partial charge in [-0.05, 0) is 30.5 Å². The smallest absolute Gasteiger partial charge is 0.347 e. The van der Waals surface area contributed by atoms with Gasteiger partial charge < -0.3 is 20.5 Å². The van der Waals surface area contributed by atoms with E-state index in [0.717, 1.165) is 17.5 Å². The minimum absolute atomic E-state index is 0.186. The van der Waals surface area contributed by atoms with Gasteiger partial charge in [-0.2, -0.15) is 0 Å². The normalized spacial score (nSPS) is 13.4. The standard InChI is InChI=1S/C17H28N3O4P/c1-2-3-4-5-6-7-8-13-9-10-15-16(11-13)20-17(19-15)14(18)12-24-25(21,22)23/h9-11,14H,2-8,12,18H2,1H3,(H,19,20)(H2,21,22,23)/p+1/t14-/m0/s1. The van der Waals surface area contributed by atoms with Crippen molar-refractivity contribution in [3.05, 3.63) is 29.6 Å². The molecule has 8 heteroatoms. The Hall–Kier alpha value is -1.24. The molecule has 1 atom stereocenters. The van der Waals surface area contributed by atoms with E-state index in [1.807, 2.05) is 6.07 Å². The molecule has 0 saturated carbocycles. The van der Waals surface area contributed by atoms with Crippen LogP contribution >= 0.6 is 7.82 Å². The lowest BCUT2D eigenvalue weighted by molar-refractivity contribution is -0.432. The fraction of sp³-hybridized carbons (Fsp3) is 0.588. The van der Waals surface area contributed by atoms with Crippen LogP contribution < -0.4 is 5.73 Å². The zero-order valence-electron chi connectivity index (χ0n) is 14.8. The van der Waals surface area contributed by atoms with Crippen LogP contribution in [0.1, 0.15) is 62.9 Å². The number of phosphoric acid groups is 1. The third-order valence-corrected chi connectivity index (χ3v) is 4.70. The van der Waals surface area contributed by atoms with Crippen molar-refractivity contribution in [2.45, 2.75) is 57.9 Å². The molecule has 6 N–H and O–H groups in total. The maximum atomic E-state index is 10.8. The first kappa shape index (κ1) is 20.1. The minimum Gasteiger partial charge on any atom is -0.347 e. The first-order valence-corrected chi connectivity index (χ1v) is 10.4. The summed E-state index contributed by atoms with van der Waals surface area (Å²) in [6.07, 6.45) is 8.70. The highest BCUT2D eigenvalue weighted by Gasteiger charge is 2.21. The fourth-order valence-electron chi connectivity index (χ4n) is 2.80. The van der Waals surface area contributed by atoms with E-state index in [-0.39, 0.29) is 6.61 Å². The van der Waals surface area contributed by atoms with Gasteiger partial charge in [-0.3, -0.25) is 4.52 Å². The molecule has 0 spiro atoms. The average molecular weight is 370 g/mol. The number of aryl methyl sites for hydroxylation is 1. The molecule has 140 valence electrons. The van der Waals surface area contributed by atoms with Crippen molar-refractivity contribution in [3.8, 4) is 0 Å². The summed E-state index contributed by atoms with van der Waals surface area (Å²) in [4.78, 5) is 25.2. The number of H-pyrrole nitrogens is 1. The average Bonchev–Trinajstić information content (AvgIpc) is 2.98. The second-order valence-corrected chi connectivity index (χ2v) is 7.71. The maximum Gasteiger partial charge on any atom is 0.469 e. The number of quaternary nitrogens is 1. The lowest BCUT2D eigenvalue weighted by Gasteiger charge is -2.07. The predicted molar refractivity (Wildman–Crippen MR) is 96.8 cm³/mol. The Kier molecular flexibility index (Phi) is 7.59. The monoisotopic (exact) mass is 370 g/mol.